The van der Waals surface area contributed by atoms with E-state index in [4.69, 9.17) is 18.9 Å². The monoisotopic (exact) mass is 570 g/mol. The van der Waals surface area contributed by atoms with Crippen molar-refractivity contribution in [1.82, 2.24) is 0 Å². The Morgan fingerprint density at radius 1 is 0.500 bits per heavy atom. The van der Waals surface area contributed by atoms with Gasteiger partial charge in [-0.05, 0) is 95.9 Å². The van der Waals surface area contributed by atoms with Gasteiger partial charge >= 0.3 is 0 Å². The zero-order valence-electron chi connectivity index (χ0n) is 26.1. The highest BCUT2D eigenvalue weighted by molar-refractivity contribution is 5.71. The Morgan fingerprint density at radius 3 is 1.10 bits per heavy atom. The maximum Gasteiger partial charge on any atom is 0.119 e. The van der Waals surface area contributed by atoms with Crippen LogP contribution >= 0.6 is 0 Å². The van der Waals surface area contributed by atoms with E-state index in [0.717, 1.165) is 49.8 Å². The summed E-state index contributed by atoms with van der Waals surface area (Å²) in [5, 5.41) is 0. The Balaban J connectivity index is 1.03. The first kappa shape index (κ1) is 30.6. The van der Waals surface area contributed by atoms with Crippen LogP contribution in [0.2, 0.25) is 0 Å². The Hall–Kier alpha value is -2.82. The number of benzene rings is 3. The number of hydrogen-bond acceptors (Lipinski definition) is 4. The third-order valence-corrected chi connectivity index (χ3v) is 8.77. The van der Waals surface area contributed by atoms with E-state index in [0.29, 0.717) is 24.0 Å². The lowest BCUT2D eigenvalue weighted by molar-refractivity contribution is 0.240. The fraction of sp³-hybridized carbons (Fsp3) is 0.526. The molecule has 0 spiro atoms. The van der Waals surface area contributed by atoms with Crippen LogP contribution in [-0.2, 0) is 9.47 Å². The third-order valence-electron chi connectivity index (χ3n) is 8.77. The first-order valence-corrected chi connectivity index (χ1v) is 16.2. The van der Waals surface area contributed by atoms with Crippen LogP contribution in [0.15, 0.2) is 72.8 Å². The minimum Gasteiger partial charge on any atom is -0.493 e. The summed E-state index contributed by atoms with van der Waals surface area (Å²) >= 11 is 0. The lowest BCUT2D eigenvalue weighted by Crippen LogP contribution is -2.10. The van der Waals surface area contributed by atoms with Crippen LogP contribution in [-0.4, -0.2) is 38.6 Å². The van der Waals surface area contributed by atoms with Crippen molar-refractivity contribution in [3.05, 3.63) is 72.8 Å². The van der Waals surface area contributed by atoms with Gasteiger partial charge in [-0.15, -0.1) is 0 Å². The summed E-state index contributed by atoms with van der Waals surface area (Å²) in [6.07, 6.45) is 8.35. The number of hydrogen-bond donors (Lipinski definition) is 0. The van der Waals surface area contributed by atoms with Crippen LogP contribution in [0.4, 0.5) is 0 Å². The summed E-state index contributed by atoms with van der Waals surface area (Å²) in [5.74, 6) is 4.45. The molecule has 3 aromatic rings. The second-order valence-corrected chi connectivity index (χ2v) is 13.2. The summed E-state index contributed by atoms with van der Waals surface area (Å²) in [7, 11) is 0. The lowest BCUT2D eigenvalue weighted by atomic mass is 9.95. The zero-order chi connectivity index (χ0) is 29.3. The van der Waals surface area contributed by atoms with Gasteiger partial charge in [0.05, 0.1) is 38.6 Å². The maximum atomic E-state index is 6.10. The average Bonchev–Trinajstić information content (AvgIpc) is 3.96. The predicted octanol–water partition coefficient (Wildman–Crippen LogP) is 9.46. The summed E-state index contributed by atoms with van der Waals surface area (Å²) < 4.78 is 22.9. The van der Waals surface area contributed by atoms with Crippen molar-refractivity contribution in [3.8, 4) is 33.8 Å². The van der Waals surface area contributed by atoms with Gasteiger partial charge in [-0.2, -0.15) is 0 Å². The van der Waals surface area contributed by atoms with E-state index in [-0.39, 0.29) is 0 Å². The predicted molar refractivity (Wildman–Crippen MR) is 172 cm³/mol. The summed E-state index contributed by atoms with van der Waals surface area (Å²) in [6.45, 7) is 12.7. The maximum absolute atomic E-state index is 6.10. The van der Waals surface area contributed by atoms with Gasteiger partial charge in [0.25, 0.3) is 0 Å². The van der Waals surface area contributed by atoms with Crippen LogP contribution in [0.3, 0.4) is 0 Å². The molecule has 4 nitrogen and oxygen atoms in total. The minimum atomic E-state index is 0.531. The third kappa shape index (κ3) is 10.2. The Morgan fingerprint density at radius 2 is 0.786 bits per heavy atom. The van der Waals surface area contributed by atoms with Gasteiger partial charge in [0.15, 0.2) is 0 Å². The Labute approximate surface area is 253 Å². The molecule has 0 radical (unpaired) electrons. The molecular weight excluding hydrogens is 520 g/mol. The molecule has 0 N–H and O–H groups in total. The molecule has 2 aliphatic heterocycles. The molecule has 3 aromatic carbocycles. The quantitative estimate of drug-likeness (QED) is 0.143. The summed E-state index contributed by atoms with van der Waals surface area (Å²) in [5.41, 5.74) is 4.82. The van der Waals surface area contributed by atoms with Gasteiger partial charge < -0.3 is 18.9 Å². The van der Waals surface area contributed by atoms with Crippen molar-refractivity contribution in [1.29, 1.82) is 0 Å². The molecular formula is C38H50O4. The Bertz CT molecular complexity index is 1100. The second kappa shape index (κ2) is 15.1. The topological polar surface area (TPSA) is 43.5 Å². The highest BCUT2D eigenvalue weighted by atomic mass is 16.6. The molecule has 2 saturated heterocycles. The van der Waals surface area contributed by atoms with Crippen LogP contribution in [0.5, 0.6) is 11.5 Å². The van der Waals surface area contributed by atoms with Gasteiger partial charge in [0.2, 0.25) is 0 Å². The fourth-order valence-corrected chi connectivity index (χ4v) is 5.67. The van der Waals surface area contributed by atoms with E-state index < -0.39 is 0 Å². The van der Waals surface area contributed by atoms with Crippen LogP contribution in [0.25, 0.3) is 22.3 Å². The van der Waals surface area contributed by atoms with E-state index in [1.54, 1.807) is 0 Å². The van der Waals surface area contributed by atoms with E-state index in [9.17, 15) is 0 Å². The molecule has 0 aromatic heterocycles. The molecule has 4 heteroatoms. The smallest absolute Gasteiger partial charge is 0.119 e. The molecule has 0 amide bonds. The number of rotatable bonds is 18. The van der Waals surface area contributed by atoms with Gasteiger partial charge in [-0.25, -0.2) is 0 Å². The molecule has 42 heavy (non-hydrogen) atoms. The SMILES string of the molecule is CC(CCC(C)CC1CO1)COc1ccc(-c2ccc(-c3ccc(OCC(C)CCC(C)CC4CO4)cc3)cc2)cc1. The van der Waals surface area contributed by atoms with Crippen LogP contribution in [0, 0.1) is 23.7 Å². The van der Waals surface area contributed by atoms with Gasteiger partial charge in [0.1, 0.15) is 11.5 Å². The van der Waals surface area contributed by atoms with Crippen LogP contribution in [0.1, 0.15) is 66.2 Å². The lowest BCUT2D eigenvalue weighted by Gasteiger charge is -2.16. The molecule has 0 bridgehead atoms. The standard InChI is InChI=1S/C38H50O4/c1-27(21-37-25-41-37)5-7-29(3)23-39-35-17-13-33(14-18-35)31-9-11-32(12-10-31)34-15-19-36(20-16-34)40-24-30(4)8-6-28(2)22-38-26-42-38/h9-20,27-30,37-38H,5-8,21-26H2,1-4H3. The molecule has 0 aliphatic carbocycles. The first-order valence-electron chi connectivity index (χ1n) is 16.2. The molecule has 0 saturated carbocycles. The first-order chi connectivity index (χ1) is 20.4. The normalized spacial score (nSPS) is 20.4. The molecule has 2 fully saturated rings. The largest absolute Gasteiger partial charge is 0.493 e. The van der Waals surface area contributed by atoms with Gasteiger partial charge in [0, 0.05) is 0 Å². The summed E-state index contributed by atoms with van der Waals surface area (Å²) in [6, 6.07) is 25.8. The number of epoxide rings is 2. The highest BCUT2D eigenvalue weighted by Crippen LogP contribution is 2.29. The van der Waals surface area contributed by atoms with E-state index in [2.05, 4.69) is 100 Å². The van der Waals surface area contributed by atoms with Gasteiger partial charge in [-0.1, -0.05) is 89.1 Å². The molecule has 226 valence electrons. The summed E-state index contributed by atoms with van der Waals surface area (Å²) in [4.78, 5) is 0. The highest BCUT2D eigenvalue weighted by Gasteiger charge is 2.25. The van der Waals surface area contributed by atoms with Crippen LogP contribution < -0.4 is 9.47 Å². The van der Waals surface area contributed by atoms with Gasteiger partial charge in [-0.3, -0.25) is 0 Å². The van der Waals surface area contributed by atoms with E-state index >= 15 is 0 Å². The zero-order valence-corrected chi connectivity index (χ0v) is 26.1. The molecule has 2 aliphatic rings. The molecule has 6 unspecified atom stereocenters. The molecule has 6 atom stereocenters. The minimum absolute atomic E-state index is 0.531. The molecule has 5 rings (SSSR count). The van der Waals surface area contributed by atoms with Crippen molar-refractivity contribution in [2.45, 2.75) is 78.4 Å². The van der Waals surface area contributed by atoms with Crippen molar-refractivity contribution in [2.24, 2.45) is 23.7 Å². The fourth-order valence-electron chi connectivity index (χ4n) is 5.67. The average molecular weight is 571 g/mol. The van der Waals surface area contributed by atoms with Crippen molar-refractivity contribution in [2.75, 3.05) is 26.4 Å². The second-order valence-electron chi connectivity index (χ2n) is 13.2. The van der Waals surface area contributed by atoms with E-state index in [1.165, 1.54) is 60.8 Å². The Kier molecular flexibility index (Phi) is 11.0. The molecule has 2 heterocycles. The van der Waals surface area contributed by atoms with Crippen molar-refractivity contribution in [3.63, 3.8) is 0 Å². The van der Waals surface area contributed by atoms with Crippen molar-refractivity contribution >= 4 is 0 Å². The van der Waals surface area contributed by atoms with E-state index in [1.807, 2.05) is 0 Å². The number of ether oxygens (including phenoxy) is 4. The van der Waals surface area contributed by atoms with Crippen molar-refractivity contribution < 1.29 is 18.9 Å².